The molecule has 2 atom stereocenters. The van der Waals surface area contributed by atoms with E-state index in [9.17, 15) is 29.1 Å². The highest BCUT2D eigenvalue weighted by Gasteiger charge is 2.54. The van der Waals surface area contributed by atoms with Gasteiger partial charge >= 0.3 is 18.0 Å². The molecule has 3 rings (SSSR count). The average Bonchev–Trinajstić information content (AvgIpc) is 3.26. The molecular weight excluding hydrogens is 494 g/mol. The number of rotatable bonds is 9. The molecule has 1 saturated heterocycles. The third kappa shape index (κ3) is 5.01. The van der Waals surface area contributed by atoms with Gasteiger partial charge in [-0.2, -0.15) is 0 Å². The molecule has 3 heterocycles. The number of aliphatic carboxylic acids is 2. The number of ether oxygens (including phenoxy) is 1. The van der Waals surface area contributed by atoms with Crippen molar-refractivity contribution in [2.75, 3.05) is 17.7 Å². The van der Waals surface area contributed by atoms with Crippen LogP contribution < -0.4 is 10.6 Å². The Morgan fingerprint density at radius 2 is 2.09 bits per heavy atom. The van der Waals surface area contributed by atoms with Crippen molar-refractivity contribution in [1.29, 1.82) is 0 Å². The zero-order valence-electron chi connectivity index (χ0n) is 17.0. The van der Waals surface area contributed by atoms with Crippen LogP contribution in [0.2, 0.25) is 0 Å². The molecule has 2 aliphatic heterocycles. The highest BCUT2D eigenvalue weighted by Crippen LogP contribution is 2.40. The molecule has 3 amide bonds. The number of aromatic nitrogens is 1. The smallest absolute Gasteiger partial charge is 0.413 e. The number of nitrogens with one attached hydrogen (secondary N) is 2. The van der Waals surface area contributed by atoms with Crippen LogP contribution in [0.5, 0.6) is 0 Å². The zero-order chi connectivity index (χ0) is 25.0. The maximum atomic E-state index is 12.9. The van der Waals surface area contributed by atoms with Crippen LogP contribution >= 0.6 is 23.1 Å². The summed E-state index contributed by atoms with van der Waals surface area (Å²) in [6.45, 7) is 2.70. The van der Waals surface area contributed by atoms with E-state index in [0.717, 1.165) is 16.2 Å². The number of carbonyl (C=O) groups is 5. The zero-order valence-corrected chi connectivity index (χ0v) is 18.7. The summed E-state index contributed by atoms with van der Waals surface area (Å²) in [5, 5.41) is 27.1. The lowest BCUT2D eigenvalue weighted by Crippen LogP contribution is -2.71. The van der Waals surface area contributed by atoms with Crippen molar-refractivity contribution in [3.8, 4) is 0 Å². The van der Waals surface area contributed by atoms with Gasteiger partial charge in [0.25, 0.3) is 11.8 Å². The summed E-state index contributed by atoms with van der Waals surface area (Å²) in [5.74, 6) is -3.98. The van der Waals surface area contributed by atoms with Crippen molar-refractivity contribution >= 4 is 63.8 Å². The number of amides is 3. The molecule has 1 aromatic rings. The number of hydrogen-bond donors (Lipinski definition) is 4. The lowest BCUT2D eigenvalue weighted by Gasteiger charge is -2.49. The largest absolute Gasteiger partial charge is 0.479 e. The Kier molecular flexibility index (Phi) is 7.52. The first-order valence-electron chi connectivity index (χ1n) is 9.13. The van der Waals surface area contributed by atoms with E-state index < -0.39 is 53.6 Å². The number of hydrogen-bond acceptors (Lipinski definition) is 11. The van der Waals surface area contributed by atoms with E-state index in [0.29, 0.717) is 5.57 Å². The molecule has 34 heavy (non-hydrogen) atoms. The van der Waals surface area contributed by atoms with Crippen LogP contribution in [0.25, 0.3) is 0 Å². The van der Waals surface area contributed by atoms with Gasteiger partial charge in [0.1, 0.15) is 29.9 Å². The summed E-state index contributed by atoms with van der Waals surface area (Å²) in [7, 11) is 2.94. The SMILES string of the molecule is [CH2]OC(=O)Nc1nc(/C(=N\OCC(=O)O)C(=O)N[C@@H]2C(=O)N3C(C(=O)O)=C(C=C)CS[C@H]23)cs1. The van der Waals surface area contributed by atoms with Crippen LogP contribution in [0, 0.1) is 7.11 Å². The maximum Gasteiger partial charge on any atom is 0.413 e. The number of anilines is 1. The van der Waals surface area contributed by atoms with Crippen molar-refractivity contribution < 1.29 is 43.8 Å². The highest BCUT2D eigenvalue weighted by molar-refractivity contribution is 8.00. The first-order valence-corrected chi connectivity index (χ1v) is 11.1. The minimum absolute atomic E-state index is 0.0179. The van der Waals surface area contributed by atoms with Gasteiger partial charge in [-0.1, -0.05) is 17.8 Å². The Labute approximate surface area is 199 Å². The van der Waals surface area contributed by atoms with E-state index >= 15 is 0 Å². The van der Waals surface area contributed by atoms with Gasteiger partial charge in [0, 0.05) is 11.1 Å². The molecule has 16 heteroatoms. The average molecular weight is 510 g/mol. The second kappa shape index (κ2) is 10.3. The van der Waals surface area contributed by atoms with Gasteiger partial charge in [-0.25, -0.2) is 19.4 Å². The number of allylic oxidation sites excluding steroid dienone is 1. The molecule has 0 aliphatic carbocycles. The van der Waals surface area contributed by atoms with Gasteiger partial charge in [-0.3, -0.25) is 19.8 Å². The number of oxime groups is 1. The third-order valence-corrected chi connectivity index (χ3v) is 6.44. The molecule has 1 fully saturated rings. The summed E-state index contributed by atoms with van der Waals surface area (Å²) in [4.78, 5) is 68.9. The van der Waals surface area contributed by atoms with Crippen LogP contribution in [0.15, 0.2) is 34.5 Å². The molecule has 0 unspecified atom stereocenters. The van der Waals surface area contributed by atoms with Gasteiger partial charge in [-0.15, -0.1) is 23.1 Å². The van der Waals surface area contributed by atoms with Crippen molar-refractivity contribution in [3.63, 3.8) is 0 Å². The number of carbonyl (C=O) groups excluding carboxylic acids is 3. The van der Waals surface area contributed by atoms with Crippen molar-refractivity contribution in [3.05, 3.63) is 42.1 Å². The van der Waals surface area contributed by atoms with E-state index in [1.807, 2.05) is 0 Å². The molecule has 0 saturated carbocycles. The Bertz CT molecular complexity index is 1130. The summed E-state index contributed by atoms with van der Waals surface area (Å²) < 4.78 is 4.21. The number of carboxylic acids is 2. The minimum atomic E-state index is -1.35. The number of thioether (sulfide) groups is 1. The maximum absolute atomic E-state index is 12.9. The monoisotopic (exact) mass is 510 g/mol. The Hall–Kier alpha value is -3.92. The highest BCUT2D eigenvalue weighted by atomic mass is 32.2. The fourth-order valence-corrected chi connectivity index (χ4v) is 4.95. The van der Waals surface area contributed by atoms with Crippen molar-refractivity contribution in [2.24, 2.45) is 5.16 Å². The van der Waals surface area contributed by atoms with E-state index in [4.69, 9.17) is 5.11 Å². The van der Waals surface area contributed by atoms with E-state index in [1.165, 1.54) is 23.2 Å². The van der Waals surface area contributed by atoms with E-state index in [2.05, 4.69) is 44.0 Å². The standard InChI is InChI=1S/C18H16N5O9S2/c1-3-7-5-33-15-11(14(27)23(15)12(7)16(28)29)20-13(26)10(22-32-4-9(24)25)8-6-34-17(19-8)21-18(30)31-2/h3,6,11,15H,1-2,4-5H2,(H,20,26)(H,24,25)(H,28,29)(H,19,21,30)/b22-10+/t11-,15-/m1/s1. The molecule has 0 aromatic carbocycles. The van der Waals surface area contributed by atoms with E-state index in [1.54, 1.807) is 0 Å². The second-order valence-electron chi connectivity index (χ2n) is 6.45. The number of nitrogens with zero attached hydrogens (tertiary/aromatic N) is 3. The summed E-state index contributed by atoms with van der Waals surface area (Å²) in [6.07, 6.45) is 0.441. The Morgan fingerprint density at radius 3 is 2.71 bits per heavy atom. The van der Waals surface area contributed by atoms with Crippen LogP contribution in [-0.2, 0) is 28.8 Å². The fourth-order valence-electron chi connectivity index (χ4n) is 2.93. The van der Waals surface area contributed by atoms with E-state index in [-0.39, 0.29) is 22.3 Å². The summed E-state index contributed by atoms with van der Waals surface area (Å²) >= 11 is 2.13. The van der Waals surface area contributed by atoms with Crippen LogP contribution in [0.3, 0.4) is 0 Å². The van der Waals surface area contributed by atoms with Crippen LogP contribution in [0.1, 0.15) is 5.69 Å². The number of carboxylic acid groups (broad SMARTS) is 2. The van der Waals surface area contributed by atoms with Gasteiger partial charge in [-0.05, 0) is 5.57 Å². The molecule has 4 N–H and O–H groups in total. The van der Waals surface area contributed by atoms with Crippen LogP contribution in [0.4, 0.5) is 9.93 Å². The molecular formula is C18H16N5O9S2. The molecule has 14 nitrogen and oxygen atoms in total. The molecule has 0 spiro atoms. The van der Waals surface area contributed by atoms with Crippen molar-refractivity contribution in [2.45, 2.75) is 11.4 Å². The lowest BCUT2D eigenvalue weighted by atomic mass is 10.0. The lowest BCUT2D eigenvalue weighted by molar-refractivity contribution is -0.150. The minimum Gasteiger partial charge on any atom is -0.479 e. The molecule has 2 aliphatic rings. The quantitative estimate of drug-likeness (QED) is 0.201. The Balaban J connectivity index is 1.80. The topological polar surface area (TPSA) is 197 Å². The number of thiazole rings is 1. The van der Waals surface area contributed by atoms with Crippen LogP contribution in [-0.4, -0.2) is 79.4 Å². The van der Waals surface area contributed by atoms with Gasteiger partial charge < -0.3 is 25.1 Å². The third-order valence-electron chi connectivity index (χ3n) is 4.38. The van der Waals surface area contributed by atoms with Crippen molar-refractivity contribution in [1.82, 2.24) is 15.2 Å². The number of fused-ring (bicyclic) bond motifs is 1. The predicted octanol–water partition coefficient (Wildman–Crippen LogP) is 0.213. The van der Waals surface area contributed by atoms with Gasteiger partial charge in [0.2, 0.25) is 6.61 Å². The number of β-lactam (4-membered cyclic amide) rings is 1. The first kappa shape index (κ1) is 24.7. The van der Waals surface area contributed by atoms with Gasteiger partial charge in [0.05, 0.1) is 0 Å². The normalized spacial score (nSPS) is 19.5. The molecule has 1 radical (unpaired) electrons. The predicted molar refractivity (Wildman–Crippen MR) is 118 cm³/mol. The Morgan fingerprint density at radius 1 is 1.35 bits per heavy atom. The fraction of sp³-hybridized carbons (Fsp3) is 0.222. The second-order valence-corrected chi connectivity index (χ2v) is 8.41. The molecule has 1 aromatic heterocycles. The molecule has 0 bridgehead atoms. The van der Waals surface area contributed by atoms with Gasteiger partial charge in [0.15, 0.2) is 10.8 Å². The molecule has 179 valence electrons. The summed E-state index contributed by atoms with van der Waals surface area (Å²) in [5.41, 5.74) is -0.395. The first-order chi connectivity index (χ1) is 16.2. The summed E-state index contributed by atoms with van der Waals surface area (Å²) in [6, 6.07) is -1.08.